The Morgan fingerprint density at radius 2 is 1.00 bits per heavy atom. The molecule has 0 spiro atoms. The van der Waals surface area contributed by atoms with Gasteiger partial charge in [-0.05, 0) is 62.2 Å². The van der Waals surface area contributed by atoms with Crippen molar-refractivity contribution >= 4 is 10.0 Å². The molecule has 4 aliphatic carbocycles. The fraction of sp³-hybridized carbons (Fsp3) is 1.00. The summed E-state index contributed by atoms with van der Waals surface area (Å²) in [6.07, 6.45) is 18.3. The second-order valence-corrected chi connectivity index (χ2v) is 9.00. The maximum Gasteiger partial charge on any atom is 0.304 e. The van der Waals surface area contributed by atoms with E-state index in [-0.39, 0.29) is 0 Å². The van der Waals surface area contributed by atoms with Crippen molar-refractivity contribution in [3.8, 4) is 0 Å². The van der Waals surface area contributed by atoms with Crippen molar-refractivity contribution < 1.29 is 8.85 Å². The SMILES string of the molecule is C1CCC2C(C1)CCC2O[SiH2]OC1CCC2CCCCC21. The van der Waals surface area contributed by atoms with Crippen molar-refractivity contribution in [1.29, 1.82) is 0 Å². The van der Waals surface area contributed by atoms with Crippen LogP contribution in [-0.2, 0) is 8.85 Å². The van der Waals surface area contributed by atoms with Crippen LogP contribution in [0.5, 0.6) is 0 Å². The third-order valence-electron chi connectivity index (χ3n) is 7.10. The average molecular weight is 309 g/mol. The van der Waals surface area contributed by atoms with Gasteiger partial charge in [-0.1, -0.05) is 38.5 Å². The molecule has 6 unspecified atom stereocenters. The number of fused-ring (bicyclic) bond motifs is 2. The smallest absolute Gasteiger partial charge is 0.304 e. The van der Waals surface area contributed by atoms with Crippen molar-refractivity contribution in [2.24, 2.45) is 23.7 Å². The molecule has 0 bridgehead atoms. The highest BCUT2D eigenvalue weighted by molar-refractivity contribution is 6.18. The molecule has 0 aromatic carbocycles. The van der Waals surface area contributed by atoms with Crippen LogP contribution in [0.25, 0.3) is 0 Å². The largest absolute Gasteiger partial charge is 0.395 e. The van der Waals surface area contributed by atoms with Gasteiger partial charge in [0.1, 0.15) is 0 Å². The lowest BCUT2D eigenvalue weighted by Gasteiger charge is -2.31. The molecule has 0 heterocycles. The van der Waals surface area contributed by atoms with Gasteiger partial charge in [-0.3, -0.25) is 0 Å². The normalized spacial score (nSPS) is 46.9. The second kappa shape index (κ2) is 6.72. The van der Waals surface area contributed by atoms with Crippen molar-refractivity contribution in [2.75, 3.05) is 0 Å². The molecule has 0 radical (unpaired) electrons. The highest BCUT2D eigenvalue weighted by Gasteiger charge is 2.40. The maximum atomic E-state index is 6.33. The zero-order valence-electron chi connectivity index (χ0n) is 13.5. The van der Waals surface area contributed by atoms with Crippen LogP contribution < -0.4 is 0 Å². The Kier molecular flexibility index (Phi) is 4.70. The average Bonchev–Trinajstić information content (AvgIpc) is 3.13. The van der Waals surface area contributed by atoms with E-state index >= 15 is 0 Å². The van der Waals surface area contributed by atoms with Crippen molar-refractivity contribution in [2.45, 2.75) is 89.3 Å². The monoisotopic (exact) mass is 308 g/mol. The summed E-state index contributed by atoms with van der Waals surface area (Å²) in [4.78, 5) is 0. The summed E-state index contributed by atoms with van der Waals surface area (Å²) >= 11 is 0. The Balaban J connectivity index is 1.23. The molecule has 0 aromatic rings. The molecule has 0 amide bonds. The van der Waals surface area contributed by atoms with Crippen molar-refractivity contribution in [1.82, 2.24) is 0 Å². The minimum atomic E-state index is -0.742. The van der Waals surface area contributed by atoms with E-state index in [9.17, 15) is 0 Å². The van der Waals surface area contributed by atoms with Crippen LogP contribution in [0, 0.1) is 23.7 Å². The molecular weight excluding hydrogens is 276 g/mol. The van der Waals surface area contributed by atoms with Crippen LogP contribution in [0.1, 0.15) is 77.0 Å². The first-order valence-corrected chi connectivity index (χ1v) is 10.8. The van der Waals surface area contributed by atoms with E-state index in [0.29, 0.717) is 12.2 Å². The van der Waals surface area contributed by atoms with Gasteiger partial charge in [-0.2, -0.15) is 0 Å². The molecule has 21 heavy (non-hydrogen) atoms. The summed E-state index contributed by atoms with van der Waals surface area (Å²) < 4.78 is 12.7. The van der Waals surface area contributed by atoms with Gasteiger partial charge in [-0.25, -0.2) is 0 Å². The zero-order chi connectivity index (χ0) is 14.1. The van der Waals surface area contributed by atoms with Crippen LogP contribution in [0.2, 0.25) is 0 Å². The van der Waals surface area contributed by atoms with Gasteiger partial charge in [0.25, 0.3) is 0 Å². The molecule has 4 aliphatic rings. The van der Waals surface area contributed by atoms with E-state index in [1.807, 2.05) is 0 Å². The first kappa shape index (κ1) is 14.7. The lowest BCUT2D eigenvalue weighted by Crippen LogP contribution is -2.31. The summed E-state index contributed by atoms with van der Waals surface area (Å²) in [5, 5.41) is 0. The third-order valence-corrected chi connectivity index (χ3v) is 8.23. The lowest BCUT2D eigenvalue weighted by molar-refractivity contribution is 0.0571. The van der Waals surface area contributed by atoms with Crippen LogP contribution in [0.15, 0.2) is 0 Å². The molecule has 0 aromatic heterocycles. The van der Waals surface area contributed by atoms with Gasteiger partial charge in [0.2, 0.25) is 0 Å². The second-order valence-electron chi connectivity index (χ2n) is 8.10. The third kappa shape index (κ3) is 3.11. The number of hydrogen-bond acceptors (Lipinski definition) is 2. The lowest BCUT2D eigenvalue weighted by atomic mass is 9.81. The van der Waals surface area contributed by atoms with E-state index in [0.717, 1.165) is 23.7 Å². The molecule has 0 saturated heterocycles. The summed E-state index contributed by atoms with van der Waals surface area (Å²) in [6, 6.07) is 0. The molecular formula is C18H32O2Si. The van der Waals surface area contributed by atoms with Gasteiger partial charge in [0.05, 0.1) is 0 Å². The van der Waals surface area contributed by atoms with Gasteiger partial charge < -0.3 is 8.85 Å². The minimum Gasteiger partial charge on any atom is -0.395 e. The van der Waals surface area contributed by atoms with Gasteiger partial charge in [0, 0.05) is 12.2 Å². The molecule has 3 heteroatoms. The Morgan fingerprint density at radius 1 is 0.524 bits per heavy atom. The van der Waals surface area contributed by atoms with Crippen LogP contribution in [0.3, 0.4) is 0 Å². The molecule has 4 saturated carbocycles. The summed E-state index contributed by atoms with van der Waals surface area (Å²) in [5.41, 5.74) is 0. The number of rotatable bonds is 4. The van der Waals surface area contributed by atoms with Gasteiger partial charge in [0.15, 0.2) is 0 Å². The first-order chi connectivity index (χ1) is 10.4. The molecule has 120 valence electrons. The summed E-state index contributed by atoms with van der Waals surface area (Å²) in [6.45, 7) is 0. The predicted molar refractivity (Wildman–Crippen MR) is 87.7 cm³/mol. The molecule has 6 atom stereocenters. The molecule has 0 aliphatic heterocycles. The van der Waals surface area contributed by atoms with E-state index in [1.165, 1.54) is 77.0 Å². The van der Waals surface area contributed by atoms with Crippen LogP contribution >= 0.6 is 0 Å². The Morgan fingerprint density at radius 3 is 1.52 bits per heavy atom. The van der Waals surface area contributed by atoms with E-state index in [1.54, 1.807) is 0 Å². The minimum absolute atomic E-state index is 0.575. The maximum absolute atomic E-state index is 6.33. The van der Waals surface area contributed by atoms with Crippen LogP contribution in [0.4, 0.5) is 0 Å². The predicted octanol–water partition coefficient (Wildman–Crippen LogP) is 3.96. The zero-order valence-corrected chi connectivity index (χ0v) is 14.9. The fourth-order valence-electron chi connectivity index (χ4n) is 5.98. The fourth-order valence-corrected chi connectivity index (χ4v) is 7.24. The van der Waals surface area contributed by atoms with E-state index in [4.69, 9.17) is 8.85 Å². The molecule has 0 N–H and O–H groups in total. The first-order valence-electron chi connectivity index (χ1n) is 9.65. The highest BCUT2D eigenvalue weighted by atomic mass is 28.3. The van der Waals surface area contributed by atoms with Crippen LogP contribution in [-0.4, -0.2) is 22.2 Å². The standard InChI is InChI=1S/C18H32O2Si/c1-3-7-15-13(5-1)9-11-17(15)19-21-20-18-12-10-14-6-2-4-8-16(14)18/h13-18H,1-12,21H2. The van der Waals surface area contributed by atoms with E-state index in [2.05, 4.69) is 0 Å². The molecule has 2 nitrogen and oxygen atoms in total. The van der Waals surface area contributed by atoms with Crippen molar-refractivity contribution in [3.63, 3.8) is 0 Å². The highest BCUT2D eigenvalue weighted by Crippen LogP contribution is 2.45. The molecule has 4 rings (SSSR count). The molecule has 4 fully saturated rings. The van der Waals surface area contributed by atoms with Crippen molar-refractivity contribution in [3.05, 3.63) is 0 Å². The quantitative estimate of drug-likeness (QED) is 0.732. The Bertz CT molecular complexity index is 316. The topological polar surface area (TPSA) is 18.5 Å². The number of hydrogen-bond donors (Lipinski definition) is 0. The van der Waals surface area contributed by atoms with Gasteiger partial charge in [-0.15, -0.1) is 0 Å². The van der Waals surface area contributed by atoms with E-state index < -0.39 is 10.0 Å². The Labute approximate surface area is 132 Å². The summed E-state index contributed by atoms with van der Waals surface area (Å²) in [7, 11) is -0.742. The Hall–Kier alpha value is 0.137. The van der Waals surface area contributed by atoms with Gasteiger partial charge >= 0.3 is 10.0 Å². The summed E-state index contributed by atoms with van der Waals surface area (Å²) in [5.74, 6) is 3.76.